The maximum absolute atomic E-state index is 12.4. The maximum Gasteiger partial charge on any atom is 0.223 e. The number of hydrogen-bond donors (Lipinski definition) is 0. The summed E-state index contributed by atoms with van der Waals surface area (Å²) >= 11 is 0. The van der Waals surface area contributed by atoms with Gasteiger partial charge in [0, 0.05) is 37.7 Å². The zero-order valence-corrected chi connectivity index (χ0v) is 13.2. The van der Waals surface area contributed by atoms with E-state index in [9.17, 15) is 4.79 Å². The van der Waals surface area contributed by atoms with Gasteiger partial charge in [0.25, 0.3) is 0 Å². The minimum Gasteiger partial charge on any atom is -0.338 e. The van der Waals surface area contributed by atoms with Crippen LogP contribution in [0.3, 0.4) is 0 Å². The zero-order valence-electron chi connectivity index (χ0n) is 13.2. The van der Waals surface area contributed by atoms with Crippen LogP contribution in [-0.2, 0) is 24.2 Å². The molecule has 0 fully saturated rings. The highest BCUT2D eigenvalue weighted by molar-refractivity contribution is 5.76. The van der Waals surface area contributed by atoms with Gasteiger partial charge in [-0.2, -0.15) is 0 Å². The van der Waals surface area contributed by atoms with Crippen LogP contribution in [-0.4, -0.2) is 27.3 Å². The van der Waals surface area contributed by atoms with Crippen LogP contribution in [0.5, 0.6) is 0 Å². The Morgan fingerprint density at radius 3 is 2.95 bits per heavy atom. The van der Waals surface area contributed by atoms with Crippen molar-refractivity contribution in [2.24, 2.45) is 0 Å². The van der Waals surface area contributed by atoms with Crippen molar-refractivity contribution in [2.75, 3.05) is 6.54 Å². The molecule has 1 aromatic carbocycles. The number of nitrogens with zero attached hydrogens (tertiary/aromatic N) is 3. The highest BCUT2D eigenvalue weighted by Crippen LogP contribution is 2.17. The van der Waals surface area contributed by atoms with Crippen molar-refractivity contribution in [1.82, 2.24) is 14.9 Å². The summed E-state index contributed by atoms with van der Waals surface area (Å²) in [6, 6.07) is 6.43. The molecule has 2 aromatic rings. The Balaban J connectivity index is 1.60. The van der Waals surface area contributed by atoms with Gasteiger partial charge in [-0.25, -0.2) is 9.97 Å². The van der Waals surface area contributed by atoms with Crippen LogP contribution in [0, 0.1) is 13.8 Å². The summed E-state index contributed by atoms with van der Waals surface area (Å²) in [7, 11) is 0. The molecule has 4 heteroatoms. The molecule has 0 bridgehead atoms. The third kappa shape index (κ3) is 3.16. The number of rotatable bonds is 3. The molecule has 0 saturated carbocycles. The number of aryl methyl sites for hydroxylation is 3. The molecule has 4 nitrogen and oxygen atoms in total. The van der Waals surface area contributed by atoms with Crippen LogP contribution in [0.1, 0.15) is 34.4 Å². The van der Waals surface area contributed by atoms with Gasteiger partial charge >= 0.3 is 0 Å². The second kappa shape index (κ2) is 6.26. The lowest BCUT2D eigenvalue weighted by Crippen LogP contribution is -2.36. The van der Waals surface area contributed by atoms with E-state index < -0.39 is 0 Å². The smallest absolute Gasteiger partial charge is 0.223 e. The predicted molar refractivity (Wildman–Crippen MR) is 85.4 cm³/mol. The van der Waals surface area contributed by atoms with Crippen molar-refractivity contribution in [1.29, 1.82) is 0 Å². The van der Waals surface area contributed by atoms with E-state index in [1.165, 1.54) is 16.7 Å². The van der Waals surface area contributed by atoms with Gasteiger partial charge in [-0.1, -0.05) is 18.2 Å². The SMILES string of the molecule is Cc1ccc(CCC(=O)N2CCc3ncncc3C2)cc1C. The predicted octanol–water partition coefficient (Wildman–Crippen LogP) is 2.61. The molecule has 0 aliphatic carbocycles. The van der Waals surface area contributed by atoms with Gasteiger partial charge in [-0.05, 0) is 37.0 Å². The molecule has 0 N–H and O–H groups in total. The molecule has 3 rings (SSSR count). The van der Waals surface area contributed by atoms with Crippen LogP contribution in [0.25, 0.3) is 0 Å². The number of amides is 1. The highest BCUT2D eigenvalue weighted by Gasteiger charge is 2.21. The van der Waals surface area contributed by atoms with E-state index in [1.54, 1.807) is 6.33 Å². The Morgan fingerprint density at radius 1 is 1.27 bits per heavy atom. The minimum absolute atomic E-state index is 0.215. The number of carbonyl (C=O) groups is 1. The fourth-order valence-electron chi connectivity index (χ4n) is 2.85. The fraction of sp³-hybridized carbons (Fsp3) is 0.389. The molecule has 0 spiro atoms. The number of benzene rings is 1. The van der Waals surface area contributed by atoms with Crippen molar-refractivity contribution in [3.8, 4) is 0 Å². The Bertz CT molecular complexity index is 696. The normalized spacial score (nSPS) is 13.8. The number of fused-ring (bicyclic) bond motifs is 1. The molecule has 1 aromatic heterocycles. The molecule has 1 aliphatic heterocycles. The molecule has 1 aliphatic rings. The summed E-state index contributed by atoms with van der Waals surface area (Å²) in [6.45, 7) is 5.62. The lowest BCUT2D eigenvalue weighted by Gasteiger charge is -2.28. The maximum atomic E-state index is 12.4. The second-order valence-corrected chi connectivity index (χ2v) is 5.98. The molecule has 0 saturated heterocycles. The molecule has 0 radical (unpaired) electrons. The summed E-state index contributed by atoms with van der Waals surface area (Å²) < 4.78 is 0. The van der Waals surface area contributed by atoms with Crippen molar-refractivity contribution in [3.63, 3.8) is 0 Å². The van der Waals surface area contributed by atoms with Gasteiger partial charge in [0.15, 0.2) is 0 Å². The van der Waals surface area contributed by atoms with E-state index in [4.69, 9.17) is 0 Å². The molecular weight excluding hydrogens is 274 g/mol. The Kier molecular flexibility index (Phi) is 4.18. The van der Waals surface area contributed by atoms with Crippen LogP contribution in [0.4, 0.5) is 0 Å². The van der Waals surface area contributed by atoms with Crippen molar-refractivity contribution in [3.05, 3.63) is 58.7 Å². The third-order valence-corrected chi connectivity index (χ3v) is 4.41. The van der Waals surface area contributed by atoms with Crippen molar-refractivity contribution < 1.29 is 4.79 Å². The van der Waals surface area contributed by atoms with Gasteiger partial charge in [-0.3, -0.25) is 4.79 Å². The molecule has 114 valence electrons. The zero-order chi connectivity index (χ0) is 15.5. The number of carbonyl (C=O) groups excluding carboxylic acids is 1. The van der Waals surface area contributed by atoms with Crippen molar-refractivity contribution in [2.45, 2.75) is 39.7 Å². The lowest BCUT2D eigenvalue weighted by atomic mass is 10.0. The van der Waals surface area contributed by atoms with Gasteiger partial charge < -0.3 is 4.90 Å². The first kappa shape index (κ1) is 14.7. The van der Waals surface area contributed by atoms with Crippen LogP contribution in [0.2, 0.25) is 0 Å². The lowest BCUT2D eigenvalue weighted by molar-refractivity contribution is -0.132. The summed E-state index contributed by atoms with van der Waals surface area (Å²) in [5, 5.41) is 0. The molecule has 0 unspecified atom stereocenters. The summed E-state index contributed by atoms with van der Waals surface area (Å²) in [5.41, 5.74) is 5.97. The quantitative estimate of drug-likeness (QED) is 0.874. The monoisotopic (exact) mass is 295 g/mol. The fourth-order valence-corrected chi connectivity index (χ4v) is 2.85. The van der Waals surface area contributed by atoms with E-state index in [2.05, 4.69) is 42.0 Å². The molecule has 2 heterocycles. The van der Waals surface area contributed by atoms with Gasteiger partial charge in [0.1, 0.15) is 6.33 Å². The van der Waals surface area contributed by atoms with Crippen LogP contribution >= 0.6 is 0 Å². The molecular formula is C18H21N3O. The summed E-state index contributed by atoms with van der Waals surface area (Å²) in [5.74, 6) is 0.215. The second-order valence-electron chi connectivity index (χ2n) is 5.98. The highest BCUT2D eigenvalue weighted by atomic mass is 16.2. The minimum atomic E-state index is 0.215. The number of aromatic nitrogens is 2. The first-order valence-corrected chi connectivity index (χ1v) is 7.75. The first-order valence-electron chi connectivity index (χ1n) is 7.75. The summed E-state index contributed by atoms with van der Waals surface area (Å²) in [4.78, 5) is 22.7. The van der Waals surface area contributed by atoms with Gasteiger partial charge in [0.05, 0.1) is 5.69 Å². The Morgan fingerprint density at radius 2 is 2.14 bits per heavy atom. The third-order valence-electron chi connectivity index (χ3n) is 4.41. The molecule has 0 atom stereocenters. The molecule has 1 amide bonds. The Hall–Kier alpha value is -2.23. The Labute approximate surface area is 131 Å². The molecule has 22 heavy (non-hydrogen) atoms. The number of hydrogen-bond acceptors (Lipinski definition) is 3. The van der Waals surface area contributed by atoms with E-state index in [1.807, 2.05) is 11.1 Å². The van der Waals surface area contributed by atoms with Crippen LogP contribution < -0.4 is 0 Å². The standard InChI is InChI=1S/C18H21N3O/c1-13-3-4-15(9-14(13)2)5-6-18(22)21-8-7-17-16(11-21)10-19-12-20-17/h3-4,9-10,12H,5-8,11H2,1-2H3. The van der Waals surface area contributed by atoms with Gasteiger partial charge in [0.2, 0.25) is 5.91 Å². The van der Waals surface area contributed by atoms with E-state index in [-0.39, 0.29) is 5.91 Å². The average Bonchev–Trinajstić information content (AvgIpc) is 2.55. The topological polar surface area (TPSA) is 46.1 Å². The first-order chi connectivity index (χ1) is 10.6. The largest absolute Gasteiger partial charge is 0.338 e. The van der Waals surface area contributed by atoms with Crippen LogP contribution in [0.15, 0.2) is 30.7 Å². The van der Waals surface area contributed by atoms with E-state index in [0.29, 0.717) is 13.0 Å². The summed E-state index contributed by atoms with van der Waals surface area (Å²) in [6.07, 6.45) is 5.59. The van der Waals surface area contributed by atoms with Gasteiger partial charge in [-0.15, -0.1) is 0 Å². The van der Waals surface area contributed by atoms with E-state index in [0.717, 1.165) is 30.6 Å². The van der Waals surface area contributed by atoms with E-state index >= 15 is 0 Å². The van der Waals surface area contributed by atoms with Crippen molar-refractivity contribution >= 4 is 5.91 Å². The average molecular weight is 295 g/mol.